The van der Waals surface area contributed by atoms with Crippen molar-refractivity contribution in [3.05, 3.63) is 47.5 Å². The molecule has 0 aliphatic carbocycles. The molecule has 1 rings (SSSR count). The predicted octanol–water partition coefficient (Wildman–Crippen LogP) is 1.17. The molecule has 1 amide bonds. The number of carboxylic acid groups (broad SMARTS) is 1. The van der Waals surface area contributed by atoms with Gasteiger partial charge in [-0.2, -0.15) is 0 Å². The molecule has 5 heteroatoms. The van der Waals surface area contributed by atoms with Crippen molar-refractivity contribution < 1.29 is 19.8 Å². The lowest BCUT2D eigenvalue weighted by Gasteiger charge is -2.21. The number of aliphatic hydroxyl groups is 1. The number of aliphatic hydroxyl groups excluding tert-OH is 1. The molecule has 0 spiro atoms. The smallest absolute Gasteiger partial charge is 0.328 e. The average molecular weight is 263 g/mol. The van der Waals surface area contributed by atoms with E-state index in [1.807, 2.05) is 25.1 Å². The van der Waals surface area contributed by atoms with Crippen LogP contribution in [0.5, 0.6) is 0 Å². The zero-order valence-electron chi connectivity index (χ0n) is 10.8. The van der Waals surface area contributed by atoms with Crippen LogP contribution in [0.4, 0.5) is 0 Å². The number of amides is 1. The number of carbonyl (C=O) groups excluding carboxylic acids is 1. The standard InChI is InChI=1S/C14H17NO4/c1-9-5-3-4-6-11(9)14(19)10(2)15-12(16)7-8-13(17)18/h3-8,10,14,19H,1-2H3,(H,15,16)(H,17,18)/b8-7-. The average Bonchev–Trinajstić information content (AvgIpc) is 2.36. The van der Waals surface area contributed by atoms with E-state index in [9.17, 15) is 14.7 Å². The van der Waals surface area contributed by atoms with Crippen LogP contribution >= 0.6 is 0 Å². The third kappa shape index (κ3) is 4.56. The molecule has 0 saturated heterocycles. The van der Waals surface area contributed by atoms with Crippen molar-refractivity contribution in [2.75, 3.05) is 0 Å². The molecule has 0 fully saturated rings. The van der Waals surface area contributed by atoms with Crippen LogP contribution in [-0.4, -0.2) is 28.1 Å². The Kier molecular flexibility index (Phi) is 5.26. The molecular formula is C14H17NO4. The van der Waals surface area contributed by atoms with Gasteiger partial charge in [0.15, 0.2) is 0 Å². The van der Waals surface area contributed by atoms with Gasteiger partial charge in [0.2, 0.25) is 5.91 Å². The summed E-state index contributed by atoms with van der Waals surface area (Å²) in [6.45, 7) is 3.53. The number of carboxylic acids is 1. The molecule has 19 heavy (non-hydrogen) atoms. The van der Waals surface area contributed by atoms with Crippen molar-refractivity contribution in [2.45, 2.75) is 26.0 Å². The minimum Gasteiger partial charge on any atom is -0.478 e. The van der Waals surface area contributed by atoms with E-state index in [1.54, 1.807) is 13.0 Å². The summed E-state index contributed by atoms with van der Waals surface area (Å²) >= 11 is 0. The molecule has 0 heterocycles. The highest BCUT2D eigenvalue weighted by Gasteiger charge is 2.18. The number of rotatable bonds is 5. The van der Waals surface area contributed by atoms with Crippen molar-refractivity contribution in [1.82, 2.24) is 5.32 Å². The Morgan fingerprint density at radius 1 is 1.26 bits per heavy atom. The molecule has 0 bridgehead atoms. The number of aryl methyl sites for hydroxylation is 1. The van der Waals surface area contributed by atoms with Crippen LogP contribution < -0.4 is 5.32 Å². The van der Waals surface area contributed by atoms with Crippen LogP contribution in [-0.2, 0) is 9.59 Å². The van der Waals surface area contributed by atoms with Crippen LogP contribution in [0.15, 0.2) is 36.4 Å². The number of carbonyl (C=O) groups is 2. The summed E-state index contributed by atoms with van der Waals surface area (Å²) in [5.74, 6) is -1.75. The summed E-state index contributed by atoms with van der Waals surface area (Å²) in [7, 11) is 0. The third-order valence-electron chi connectivity index (χ3n) is 2.73. The van der Waals surface area contributed by atoms with Gasteiger partial charge in [0.05, 0.1) is 12.1 Å². The summed E-state index contributed by atoms with van der Waals surface area (Å²) in [6.07, 6.45) is 0.828. The second-order valence-electron chi connectivity index (χ2n) is 4.27. The second-order valence-corrected chi connectivity index (χ2v) is 4.27. The van der Waals surface area contributed by atoms with Crippen molar-refractivity contribution in [1.29, 1.82) is 0 Å². The highest BCUT2D eigenvalue weighted by Crippen LogP contribution is 2.20. The van der Waals surface area contributed by atoms with Crippen molar-refractivity contribution in [3.63, 3.8) is 0 Å². The Balaban J connectivity index is 2.68. The summed E-state index contributed by atoms with van der Waals surface area (Å²) in [5.41, 5.74) is 1.66. The Hall–Kier alpha value is -2.14. The molecule has 1 aromatic carbocycles. The molecule has 0 aliphatic heterocycles. The van der Waals surface area contributed by atoms with Crippen molar-refractivity contribution in [3.8, 4) is 0 Å². The normalized spacial score (nSPS) is 14.1. The quantitative estimate of drug-likeness (QED) is 0.696. The van der Waals surface area contributed by atoms with E-state index in [2.05, 4.69) is 5.32 Å². The fourth-order valence-corrected chi connectivity index (χ4v) is 1.69. The first-order valence-electron chi connectivity index (χ1n) is 5.87. The van der Waals surface area contributed by atoms with E-state index in [-0.39, 0.29) is 0 Å². The third-order valence-corrected chi connectivity index (χ3v) is 2.73. The summed E-state index contributed by atoms with van der Waals surface area (Å²) in [4.78, 5) is 21.7. The zero-order valence-corrected chi connectivity index (χ0v) is 10.8. The molecule has 0 aromatic heterocycles. The highest BCUT2D eigenvalue weighted by molar-refractivity contribution is 5.94. The number of aliphatic carboxylic acids is 1. The van der Waals surface area contributed by atoms with E-state index in [0.29, 0.717) is 0 Å². The molecule has 0 aliphatic rings. The van der Waals surface area contributed by atoms with Crippen molar-refractivity contribution >= 4 is 11.9 Å². The molecule has 1 aromatic rings. The fourth-order valence-electron chi connectivity index (χ4n) is 1.69. The Morgan fingerprint density at radius 2 is 1.89 bits per heavy atom. The van der Waals surface area contributed by atoms with Crippen LogP contribution in [0.2, 0.25) is 0 Å². The minimum absolute atomic E-state index is 0.521. The Morgan fingerprint density at radius 3 is 2.47 bits per heavy atom. The molecule has 2 unspecified atom stereocenters. The first-order chi connectivity index (χ1) is 8.91. The van der Waals surface area contributed by atoms with Gasteiger partial charge >= 0.3 is 5.97 Å². The molecule has 0 saturated carbocycles. The first-order valence-corrected chi connectivity index (χ1v) is 5.87. The van der Waals surface area contributed by atoms with Crippen molar-refractivity contribution in [2.24, 2.45) is 0 Å². The maximum atomic E-state index is 11.4. The molecule has 2 atom stereocenters. The molecule has 5 nitrogen and oxygen atoms in total. The van der Waals surface area contributed by atoms with E-state index >= 15 is 0 Å². The Labute approximate surface area is 111 Å². The van der Waals surface area contributed by atoms with E-state index in [0.717, 1.165) is 23.3 Å². The lowest BCUT2D eigenvalue weighted by molar-refractivity contribution is -0.131. The minimum atomic E-state index is -1.19. The van der Waals surface area contributed by atoms with Gasteiger partial charge in [0.1, 0.15) is 0 Å². The topological polar surface area (TPSA) is 86.6 Å². The lowest BCUT2D eigenvalue weighted by atomic mass is 9.99. The van der Waals surface area contributed by atoms with Crippen LogP contribution in [0.25, 0.3) is 0 Å². The van der Waals surface area contributed by atoms with Crippen LogP contribution in [0.1, 0.15) is 24.2 Å². The van der Waals surface area contributed by atoms with Gasteiger partial charge in [0, 0.05) is 12.2 Å². The maximum Gasteiger partial charge on any atom is 0.328 e. The fraction of sp³-hybridized carbons (Fsp3) is 0.286. The van der Waals surface area contributed by atoms with Gasteiger partial charge in [-0.1, -0.05) is 24.3 Å². The molecule has 102 valence electrons. The number of hydrogen-bond donors (Lipinski definition) is 3. The lowest BCUT2D eigenvalue weighted by Crippen LogP contribution is -2.36. The number of benzene rings is 1. The van der Waals surface area contributed by atoms with Gasteiger partial charge in [-0.25, -0.2) is 4.79 Å². The zero-order chi connectivity index (χ0) is 14.4. The van der Waals surface area contributed by atoms with Gasteiger partial charge in [-0.05, 0) is 25.0 Å². The SMILES string of the molecule is Cc1ccccc1C(O)C(C)NC(=O)/C=C\C(=O)O. The van der Waals surface area contributed by atoms with Gasteiger partial charge in [-0.3, -0.25) is 4.79 Å². The molecular weight excluding hydrogens is 246 g/mol. The molecule has 3 N–H and O–H groups in total. The van der Waals surface area contributed by atoms with E-state index in [4.69, 9.17) is 5.11 Å². The largest absolute Gasteiger partial charge is 0.478 e. The monoisotopic (exact) mass is 263 g/mol. The first kappa shape index (κ1) is 14.9. The van der Waals surface area contributed by atoms with E-state index in [1.165, 1.54) is 0 Å². The summed E-state index contributed by atoms with van der Waals surface area (Å²) in [5, 5.41) is 21.1. The molecule has 0 radical (unpaired) electrons. The van der Waals surface area contributed by atoms with Crippen LogP contribution in [0.3, 0.4) is 0 Å². The van der Waals surface area contributed by atoms with Crippen LogP contribution in [0, 0.1) is 6.92 Å². The second kappa shape index (κ2) is 6.70. The predicted molar refractivity (Wildman–Crippen MR) is 70.5 cm³/mol. The van der Waals surface area contributed by atoms with E-state index < -0.39 is 24.0 Å². The maximum absolute atomic E-state index is 11.4. The highest BCUT2D eigenvalue weighted by atomic mass is 16.4. The Bertz CT molecular complexity index is 496. The van der Waals surface area contributed by atoms with Gasteiger partial charge in [-0.15, -0.1) is 0 Å². The summed E-state index contributed by atoms with van der Waals surface area (Å²) in [6, 6.07) is 6.81. The number of hydrogen-bond acceptors (Lipinski definition) is 3. The number of nitrogens with one attached hydrogen (secondary N) is 1. The van der Waals surface area contributed by atoms with Gasteiger partial charge < -0.3 is 15.5 Å². The van der Waals surface area contributed by atoms with Gasteiger partial charge in [0.25, 0.3) is 0 Å². The summed E-state index contributed by atoms with van der Waals surface area (Å²) < 4.78 is 0.